The fourth-order valence-corrected chi connectivity index (χ4v) is 30.7. The Labute approximate surface area is 892 Å². The molecule has 12 fully saturated rings. The molecule has 150 heavy (non-hydrogen) atoms. The summed E-state index contributed by atoms with van der Waals surface area (Å²) in [6.45, 7) is 13.7. The highest BCUT2D eigenvalue weighted by Gasteiger charge is 2.47. The van der Waals surface area contributed by atoms with Gasteiger partial charge in [-0.05, 0) is 456 Å². The number of rotatable bonds is 30. The second-order valence-electron chi connectivity index (χ2n) is 49.2. The van der Waals surface area contributed by atoms with Gasteiger partial charge in [-0.2, -0.15) is 8.78 Å². The number of benzene rings is 6. The van der Waals surface area contributed by atoms with Gasteiger partial charge < -0.3 is 14.2 Å². The molecule has 12 aliphatic rings. The fraction of sp³-hybridized carbons (Fsp3) is 0.725. The molecule has 0 bridgehead atoms. The van der Waals surface area contributed by atoms with Crippen molar-refractivity contribution in [3.05, 3.63) is 196 Å². The van der Waals surface area contributed by atoms with Crippen LogP contribution in [0.15, 0.2) is 121 Å². The lowest BCUT2D eigenvalue weighted by molar-refractivity contribution is -0.275. The molecule has 19 heteroatoms. The zero-order chi connectivity index (χ0) is 107. The van der Waals surface area contributed by atoms with Gasteiger partial charge in [0.1, 0.15) is 28.9 Å². The van der Waals surface area contributed by atoms with Crippen molar-refractivity contribution < 1.29 is 84.5 Å². The summed E-state index contributed by atoms with van der Waals surface area (Å²) in [7, 11) is 0. The fourth-order valence-electron chi connectivity index (χ4n) is 30.7. The summed E-state index contributed by atoms with van der Waals surface area (Å²) in [4.78, 5) is 0. The van der Waals surface area contributed by atoms with E-state index in [2.05, 4.69) is 55.8 Å². The molecular weight excluding hydrogens is 1930 g/mol. The van der Waals surface area contributed by atoms with Crippen molar-refractivity contribution in [2.75, 3.05) is 0 Å². The Hall–Kier alpha value is -6.40. The van der Waals surface area contributed by atoms with Crippen molar-refractivity contribution >= 4 is 0 Å². The number of halogens is 16. The van der Waals surface area contributed by atoms with Crippen LogP contribution in [-0.4, -0.2) is 18.8 Å². The molecule has 0 saturated heterocycles. The molecule has 840 valence electrons. The van der Waals surface area contributed by atoms with Gasteiger partial charge in [0.25, 0.3) is 0 Å². The molecule has 12 aliphatic carbocycles. The first-order valence-electron chi connectivity index (χ1n) is 60.9. The van der Waals surface area contributed by atoms with Crippen molar-refractivity contribution in [3.8, 4) is 17.2 Å². The number of ether oxygens (including phenoxy) is 3. The lowest BCUT2D eigenvalue weighted by Gasteiger charge is -2.39. The van der Waals surface area contributed by atoms with Gasteiger partial charge in [0, 0.05) is 12.1 Å². The zero-order valence-corrected chi connectivity index (χ0v) is 92.0. The average Bonchev–Trinajstić information content (AvgIpc) is 0.820. The van der Waals surface area contributed by atoms with Crippen molar-refractivity contribution in [1.29, 1.82) is 0 Å². The maximum absolute atomic E-state index is 14.6. The highest BCUT2D eigenvalue weighted by atomic mass is 19.4. The van der Waals surface area contributed by atoms with E-state index in [4.69, 9.17) is 0 Å². The van der Waals surface area contributed by atoms with Crippen LogP contribution in [0.3, 0.4) is 0 Å². The molecule has 0 heterocycles. The summed E-state index contributed by atoms with van der Waals surface area (Å²) in [5, 5.41) is 0. The second-order valence-corrected chi connectivity index (χ2v) is 49.2. The van der Waals surface area contributed by atoms with Crippen molar-refractivity contribution in [1.82, 2.24) is 0 Å². The van der Waals surface area contributed by atoms with Crippen LogP contribution in [0, 0.1) is 159 Å². The Kier molecular flexibility index (Phi) is 49.0. The molecule has 18 rings (SSSR count). The third-order valence-electron chi connectivity index (χ3n) is 40.0. The van der Waals surface area contributed by atoms with Gasteiger partial charge in [-0.3, -0.25) is 0 Å². The van der Waals surface area contributed by atoms with Crippen LogP contribution in [0.4, 0.5) is 70.2 Å². The quantitative estimate of drug-likeness (QED) is 0.0256. The first kappa shape index (κ1) is 121. The minimum Gasteiger partial charge on any atom is -0.432 e. The smallest absolute Gasteiger partial charge is 0.432 e. The monoisotopic (exact) mass is 2110 g/mol. The van der Waals surface area contributed by atoms with E-state index >= 15 is 0 Å². The summed E-state index contributed by atoms with van der Waals surface area (Å²) in [5.74, 6) is 8.10. The predicted octanol–water partition coefficient (Wildman–Crippen LogP) is 43.6. The Morgan fingerprint density at radius 1 is 0.207 bits per heavy atom. The molecule has 0 amide bonds. The predicted molar refractivity (Wildman–Crippen MR) is 578 cm³/mol. The Morgan fingerprint density at radius 2 is 0.420 bits per heavy atom. The van der Waals surface area contributed by atoms with Gasteiger partial charge in [0.05, 0.1) is 5.92 Å². The highest BCUT2D eigenvalue weighted by Crippen LogP contribution is 2.54. The molecular formula is C131H186F16O3. The summed E-state index contributed by atoms with van der Waals surface area (Å²) in [6.07, 6.45) is 66.6. The van der Waals surface area contributed by atoms with Crippen LogP contribution in [0.2, 0.25) is 0 Å². The molecule has 0 atom stereocenters. The largest absolute Gasteiger partial charge is 0.573 e. The summed E-state index contributed by atoms with van der Waals surface area (Å²) in [5.41, 5.74) is 5.66. The normalized spacial score (nSPS) is 30.6. The number of hydrogen-bond donors (Lipinski definition) is 0. The van der Waals surface area contributed by atoms with E-state index in [0.29, 0.717) is 66.0 Å². The zero-order valence-electron chi connectivity index (χ0n) is 92.0. The summed E-state index contributed by atoms with van der Waals surface area (Å²) >= 11 is 0. The minimum absolute atomic E-state index is 0.110. The SMILES string of the molecule is CCC1CCC(C2CCC(c3cc(F)c(F)c(F)c3)CC2)CC1.CCC1CCC(C2CCC(c3ccc(F)cc3)CC2)CC1.CCCC1CCC(C2CCC(c3ccc(F)cc3)CC2)CC1.CCCC1CCC(C2CCC(c3ccc(OC(F)(F)F)cc3)CC2)CC1.CCCCCC1CCC(C2CCC(C(F)(F)Oc3cc(F)c(F)c(F)c3)CC2)CC1.CCCCCC1CCC(C2CCC(c3ccc(OC(F)(F)F)cc3)CC2)CC1. The van der Waals surface area contributed by atoms with E-state index in [1.807, 2.05) is 48.5 Å². The molecule has 0 unspecified atom stereocenters. The lowest BCUT2D eigenvalue weighted by atomic mass is 9.68. The molecule has 0 aromatic heterocycles. The van der Waals surface area contributed by atoms with Gasteiger partial charge in [0.15, 0.2) is 34.9 Å². The molecule has 0 radical (unpaired) electrons. The van der Waals surface area contributed by atoms with Crippen molar-refractivity contribution in [2.24, 2.45) is 112 Å². The van der Waals surface area contributed by atoms with E-state index in [9.17, 15) is 70.2 Å². The van der Waals surface area contributed by atoms with Gasteiger partial charge in [-0.25, -0.2) is 35.1 Å². The van der Waals surface area contributed by atoms with Crippen LogP contribution in [0.5, 0.6) is 17.2 Å². The second kappa shape index (κ2) is 60.9. The third kappa shape index (κ3) is 38.2. The first-order valence-corrected chi connectivity index (χ1v) is 60.9. The van der Waals surface area contributed by atoms with Gasteiger partial charge in [0.2, 0.25) is 0 Å². The minimum atomic E-state index is -4.62. The van der Waals surface area contributed by atoms with Gasteiger partial charge >= 0.3 is 18.8 Å². The van der Waals surface area contributed by atoms with Crippen LogP contribution in [0.1, 0.15) is 497 Å². The molecule has 0 spiro atoms. The van der Waals surface area contributed by atoms with E-state index in [-0.39, 0.29) is 29.1 Å². The molecule has 0 aliphatic heterocycles. The standard InChI is InChI=1S/C24H33F5O.C24H35F3O.C22H31F3O.C21H31F.C20H27F3.C20H29F/c1-2-3-4-5-16-6-8-17(9-7-16)18-10-12-19(13-11-18)24(28,29)30-20-14-21(25)23(27)22(26)15-20;1-2-3-4-5-18-6-8-19(9-7-18)20-10-12-21(13-11-20)22-14-16-23(17-15-22)28-24(25,26)27;1-2-3-16-4-6-17(7-5-16)18-8-10-19(11-9-18)20-12-14-21(15-13-20)26-22(23,24)25;1-2-3-16-4-6-17(7-5-16)18-8-10-19(11-9-18)20-12-14-21(22)15-13-20;1-2-13-3-5-14(6-4-13)15-7-9-16(10-8-15)17-11-18(21)20(23)19(22)12-17;1-2-15-3-5-16(6-4-15)17-7-9-18(10-8-17)19-11-13-20(21)14-12-19/h14-19H,2-13H2,1H3;14-21H,2-13H2,1H3;12-19H,2-11H2,1H3;12-19H,2-11H2,1H3;11-16H,2-10H2,1H3;11-18H,2-10H2,1H3. The summed E-state index contributed by atoms with van der Waals surface area (Å²) in [6, 6.07) is 30.8. The van der Waals surface area contributed by atoms with E-state index in [0.717, 1.165) is 144 Å². The van der Waals surface area contributed by atoms with Crippen LogP contribution in [-0.2, 0) is 0 Å². The van der Waals surface area contributed by atoms with Gasteiger partial charge in [-0.15, -0.1) is 26.3 Å². The Bertz CT molecular complexity index is 4640. The first-order chi connectivity index (χ1) is 72.3. The number of unbranched alkanes of at least 4 members (excludes halogenated alkanes) is 4. The topological polar surface area (TPSA) is 27.7 Å². The molecule has 6 aromatic carbocycles. The maximum atomic E-state index is 14.6. The van der Waals surface area contributed by atoms with Crippen LogP contribution >= 0.6 is 0 Å². The molecule has 12 saturated carbocycles. The van der Waals surface area contributed by atoms with Gasteiger partial charge in [-0.1, -0.05) is 257 Å². The highest BCUT2D eigenvalue weighted by molar-refractivity contribution is 5.33. The number of hydrogen-bond acceptors (Lipinski definition) is 3. The molecule has 0 N–H and O–H groups in total. The maximum Gasteiger partial charge on any atom is 0.573 e. The van der Waals surface area contributed by atoms with Crippen molar-refractivity contribution in [2.45, 2.75) is 488 Å². The van der Waals surface area contributed by atoms with Crippen molar-refractivity contribution in [3.63, 3.8) is 0 Å². The van der Waals surface area contributed by atoms with E-state index < -0.39 is 65.4 Å². The summed E-state index contributed by atoms with van der Waals surface area (Å²) < 4.78 is 221. The average molecular weight is 2110 g/mol. The molecule has 3 nitrogen and oxygen atoms in total. The number of alkyl halides is 8. The van der Waals surface area contributed by atoms with Crippen LogP contribution < -0.4 is 14.2 Å². The van der Waals surface area contributed by atoms with E-state index in [1.54, 1.807) is 24.3 Å². The van der Waals surface area contributed by atoms with Crippen LogP contribution in [0.25, 0.3) is 0 Å². The van der Waals surface area contributed by atoms with E-state index in [1.165, 1.54) is 394 Å². The Morgan fingerprint density at radius 3 is 0.653 bits per heavy atom. The third-order valence-corrected chi connectivity index (χ3v) is 40.0. The lowest BCUT2D eigenvalue weighted by Crippen LogP contribution is -2.38. The molecule has 6 aromatic rings. The Balaban J connectivity index is 0.000000151.